The van der Waals surface area contributed by atoms with E-state index in [0.29, 0.717) is 46.2 Å². The quantitative estimate of drug-likeness (QED) is 0.425. The molecular formula is C15H33NO5. The van der Waals surface area contributed by atoms with E-state index in [1.807, 2.05) is 11.9 Å². The summed E-state index contributed by atoms with van der Waals surface area (Å²) in [5.41, 5.74) is 0. The van der Waals surface area contributed by atoms with Crippen molar-refractivity contribution in [1.82, 2.24) is 4.90 Å². The minimum atomic E-state index is -0.448. The number of ether oxygens (including phenoxy) is 4. The van der Waals surface area contributed by atoms with Crippen molar-refractivity contribution in [2.75, 3.05) is 73.5 Å². The number of likely N-dealkylation sites (N-methyl/N-ethyl adjacent to an activating group) is 1. The van der Waals surface area contributed by atoms with Crippen LogP contribution in [-0.2, 0) is 18.9 Å². The van der Waals surface area contributed by atoms with E-state index in [0.717, 1.165) is 26.0 Å². The van der Waals surface area contributed by atoms with E-state index in [1.54, 1.807) is 7.11 Å². The summed E-state index contributed by atoms with van der Waals surface area (Å²) in [6.07, 6.45) is 1.82. The highest BCUT2D eigenvalue weighted by atomic mass is 16.5. The summed E-state index contributed by atoms with van der Waals surface area (Å²) >= 11 is 0. The standard InChI is InChI=1S/C15H33NO5/c1-4-5-7-19-9-11-21-12-10-20-8-6-16(2)13-15(17)14-18-3/h15,17H,4-14H2,1-3H3. The van der Waals surface area contributed by atoms with Crippen LogP contribution in [0.4, 0.5) is 0 Å². The van der Waals surface area contributed by atoms with Gasteiger partial charge in [0, 0.05) is 26.8 Å². The van der Waals surface area contributed by atoms with Gasteiger partial charge >= 0.3 is 0 Å². The van der Waals surface area contributed by atoms with Crippen LogP contribution in [0.2, 0.25) is 0 Å². The summed E-state index contributed by atoms with van der Waals surface area (Å²) in [7, 11) is 3.54. The molecule has 0 spiro atoms. The molecule has 1 N–H and O–H groups in total. The highest BCUT2D eigenvalue weighted by Gasteiger charge is 2.07. The number of aliphatic hydroxyl groups excluding tert-OH is 1. The molecule has 0 heterocycles. The Bertz CT molecular complexity index is 207. The van der Waals surface area contributed by atoms with E-state index < -0.39 is 6.10 Å². The number of unbranched alkanes of at least 4 members (excludes halogenated alkanes) is 1. The SMILES string of the molecule is CCCCOCCOCCOCCN(C)CC(O)COC. The lowest BCUT2D eigenvalue weighted by Gasteiger charge is -2.19. The van der Waals surface area contributed by atoms with E-state index in [-0.39, 0.29) is 0 Å². The van der Waals surface area contributed by atoms with Gasteiger partial charge in [0.1, 0.15) is 0 Å². The summed E-state index contributed by atoms with van der Waals surface area (Å²) in [4.78, 5) is 2.02. The Hall–Kier alpha value is -0.240. The predicted octanol–water partition coefficient (Wildman–Crippen LogP) is 0.775. The smallest absolute Gasteiger partial charge is 0.0899 e. The van der Waals surface area contributed by atoms with Crippen molar-refractivity contribution in [2.24, 2.45) is 0 Å². The van der Waals surface area contributed by atoms with Gasteiger partial charge in [-0.15, -0.1) is 0 Å². The lowest BCUT2D eigenvalue weighted by molar-refractivity contribution is 0.00603. The number of hydrogen-bond acceptors (Lipinski definition) is 6. The summed E-state index contributed by atoms with van der Waals surface area (Å²) < 4.78 is 21.1. The molecule has 0 aliphatic carbocycles. The molecule has 0 saturated carbocycles. The number of rotatable bonds is 16. The second kappa shape index (κ2) is 16.1. The van der Waals surface area contributed by atoms with Crippen molar-refractivity contribution >= 4 is 0 Å². The normalized spacial score (nSPS) is 13.0. The summed E-state index contributed by atoms with van der Waals surface area (Å²) in [6, 6.07) is 0. The topological polar surface area (TPSA) is 60.4 Å². The number of aliphatic hydroxyl groups is 1. The maximum atomic E-state index is 9.56. The molecule has 1 atom stereocenters. The van der Waals surface area contributed by atoms with Crippen LogP contribution in [0, 0.1) is 0 Å². The fraction of sp³-hybridized carbons (Fsp3) is 1.00. The highest BCUT2D eigenvalue weighted by Crippen LogP contribution is 1.91. The number of nitrogens with zero attached hydrogens (tertiary/aromatic N) is 1. The third-order valence-electron chi connectivity index (χ3n) is 2.89. The van der Waals surface area contributed by atoms with Crippen molar-refractivity contribution in [2.45, 2.75) is 25.9 Å². The summed E-state index contributed by atoms with van der Waals surface area (Å²) in [5, 5.41) is 9.56. The summed E-state index contributed by atoms with van der Waals surface area (Å²) in [6.45, 7) is 7.77. The van der Waals surface area contributed by atoms with Crippen LogP contribution in [0.5, 0.6) is 0 Å². The Balaban J connectivity index is 3.17. The Kier molecular flexibility index (Phi) is 16.0. The average Bonchev–Trinajstić information content (AvgIpc) is 2.45. The van der Waals surface area contributed by atoms with E-state index in [1.165, 1.54) is 0 Å². The molecular weight excluding hydrogens is 274 g/mol. The molecule has 0 aromatic carbocycles. The third-order valence-corrected chi connectivity index (χ3v) is 2.89. The molecule has 128 valence electrons. The van der Waals surface area contributed by atoms with Crippen molar-refractivity contribution in [3.05, 3.63) is 0 Å². The summed E-state index contributed by atoms with van der Waals surface area (Å²) in [5.74, 6) is 0. The van der Waals surface area contributed by atoms with Crippen molar-refractivity contribution in [3.63, 3.8) is 0 Å². The fourth-order valence-corrected chi connectivity index (χ4v) is 1.70. The predicted molar refractivity (Wildman–Crippen MR) is 82.7 cm³/mol. The maximum absolute atomic E-state index is 9.56. The molecule has 1 unspecified atom stereocenters. The third kappa shape index (κ3) is 16.0. The van der Waals surface area contributed by atoms with Crippen LogP contribution in [-0.4, -0.2) is 89.6 Å². The van der Waals surface area contributed by atoms with Gasteiger partial charge in [-0.3, -0.25) is 0 Å². The molecule has 0 fully saturated rings. The van der Waals surface area contributed by atoms with Gasteiger partial charge in [0.2, 0.25) is 0 Å². The van der Waals surface area contributed by atoms with Crippen molar-refractivity contribution in [1.29, 1.82) is 0 Å². The minimum absolute atomic E-state index is 0.360. The molecule has 0 bridgehead atoms. The van der Waals surface area contributed by atoms with Crippen LogP contribution in [0.3, 0.4) is 0 Å². The van der Waals surface area contributed by atoms with Crippen LogP contribution in [0.15, 0.2) is 0 Å². The second-order valence-corrected chi connectivity index (χ2v) is 5.06. The molecule has 0 aliphatic rings. The van der Waals surface area contributed by atoms with Gasteiger partial charge in [0.25, 0.3) is 0 Å². The minimum Gasteiger partial charge on any atom is -0.389 e. The monoisotopic (exact) mass is 307 g/mol. The lowest BCUT2D eigenvalue weighted by atomic mass is 10.3. The van der Waals surface area contributed by atoms with Crippen LogP contribution < -0.4 is 0 Å². The molecule has 0 rings (SSSR count). The molecule has 6 heteroatoms. The van der Waals surface area contributed by atoms with Gasteiger partial charge in [0.05, 0.1) is 45.7 Å². The number of methoxy groups -OCH3 is 1. The van der Waals surface area contributed by atoms with Gasteiger partial charge in [-0.1, -0.05) is 13.3 Å². The molecule has 0 aliphatic heterocycles. The van der Waals surface area contributed by atoms with Gasteiger partial charge < -0.3 is 29.0 Å². The van der Waals surface area contributed by atoms with E-state index in [9.17, 15) is 5.11 Å². The molecule has 0 aromatic rings. The molecule has 0 aromatic heterocycles. The van der Waals surface area contributed by atoms with Crippen molar-refractivity contribution in [3.8, 4) is 0 Å². The van der Waals surface area contributed by atoms with Gasteiger partial charge in [-0.25, -0.2) is 0 Å². The molecule has 21 heavy (non-hydrogen) atoms. The first-order chi connectivity index (χ1) is 10.2. The van der Waals surface area contributed by atoms with E-state index in [2.05, 4.69) is 6.92 Å². The average molecular weight is 307 g/mol. The largest absolute Gasteiger partial charge is 0.389 e. The maximum Gasteiger partial charge on any atom is 0.0899 e. The first-order valence-electron chi connectivity index (χ1n) is 7.79. The van der Waals surface area contributed by atoms with E-state index in [4.69, 9.17) is 18.9 Å². The fourth-order valence-electron chi connectivity index (χ4n) is 1.70. The Morgan fingerprint density at radius 2 is 1.52 bits per heavy atom. The van der Waals surface area contributed by atoms with Gasteiger partial charge in [-0.05, 0) is 13.5 Å². The molecule has 0 saturated heterocycles. The van der Waals surface area contributed by atoms with Gasteiger partial charge in [-0.2, -0.15) is 0 Å². The zero-order chi connectivity index (χ0) is 15.8. The van der Waals surface area contributed by atoms with E-state index >= 15 is 0 Å². The number of hydrogen-bond donors (Lipinski definition) is 1. The van der Waals surface area contributed by atoms with Crippen LogP contribution in [0.1, 0.15) is 19.8 Å². The van der Waals surface area contributed by atoms with Crippen LogP contribution in [0.25, 0.3) is 0 Å². The molecule has 0 amide bonds. The van der Waals surface area contributed by atoms with Crippen LogP contribution >= 0.6 is 0 Å². The van der Waals surface area contributed by atoms with Crippen molar-refractivity contribution < 1.29 is 24.1 Å². The first kappa shape index (κ1) is 20.8. The Labute approximate surface area is 129 Å². The Morgan fingerprint density at radius 1 is 0.952 bits per heavy atom. The van der Waals surface area contributed by atoms with Gasteiger partial charge in [0.15, 0.2) is 0 Å². The second-order valence-electron chi connectivity index (χ2n) is 5.06. The molecule has 6 nitrogen and oxygen atoms in total. The zero-order valence-electron chi connectivity index (χ0n) is 13.9. The Morgan fingerprint density at radius 3 is 2.10 bits per heavy atom. The zero-order valence-corrected chi connectivity index (χ0v) is 13.9. The molecule has 0 radical (unpaired) electrons. The first-order valence-corrected chi connectivity index (χ1v) is 7.79. The lowest BCUT2D eigenvalue weighted by Crippen LogP contribution is -2.34. The highest BCUT2D eigenvalue weighted by molar-refractivity contribution is 4.59.